The highest BCUT2D eigenvalue weighted by Crippen LogP contribution is 2.31. The quantitative estimate of drug-likeness (QED) is 0.433. The molecule has 1 saturated heterocycles. The van der Waals surface area contributed by atoms with Crippen LogP contribution in [0.15, 0.2) is 39.9 Å². The van der Waals surface area contributed by atoms with E-state index in [1.54, 1.807) is 36.7 Å². The third kappa shape index (κ3) is 6.92. The lowest BCUT2D eigenvalue weighted by Gasteiger charge is -2.31. The van der Waals surface area contributed by atoms with E-state index in [-0.39, 0.29) is 22.6 Å². The average Bonchev–Trinajstić information content (AvgIpc) is 3.35. The maximum absolute atomic E-state index is 13.0. The standard InChI is InChI=1S/C22H32N6O4S2/c1-26(2)11-10-24-20(29)16-27(3)22(30)17-6-7-19(28-12-8-23-9-13-28)18(15-17)25-34(31,32)21-5-4-14-33-21/h4-7,14-15,23,25H,8-13,16H2,1-3H3,(H,24,29). The van der Waals surface area contributed by atoms with Crippen LogP contribution >= 0.6 is 11.3 Å². The van der Waals surface area contributed by atoms with E-state index >= 15 is 0 Å². The second-order valence-electron chi connectivity index (χ2n) is 8.32. The molecule has 3 rings (SSSR count). The van der Waals surface area contributed by atoms with E-state index in [0.717, 1.165) is 24.4 Å². The maximum atomic E-state index is 13.0. The predicted octanol–water partition coefficient (Wildman–Crippen LogP) is 0.708. The van der Waals surface area contributed by atoms with Crippen LogP contribution in [0.4, 0.5) is 11.4 Å². The molecule has 2 aromatic rings. The van der Waals surface area contributed by atoms with Gasteiger partial charge in [0.05, 0.1) is 17.9 Å². The Morgan fingerprint density at radius 3 is 2.53 bits per heavy atom. The molecule has 0 spiro atoms. The predicted molar refractivity (Wildman–Crippen MR) is 135 cm³/mol. The Hall–Kier alpha value is -2.67. The summed E-state index contributed by atoms with van der Waals surface area (Å²) in [6, 6.07) is 8.19. The van der Waals surface area contributed by atoms with Crippen molar-refractivity contribution in [3.05, 3.63) is 41.3 Å². The van der Waals surface area contributed by atoms with E-state index in [4.69, 9.17) is 0 Å². The van der Waals surface area contributed by atoms with Gasteiger partial charge in [0.2, 0.25) is 5.91 Å². The fraction of sp³-hybridized carbons (Fsp3) is 0.455. The molecule has 186 valence electrons. The number of carbonyl (C=O) groups excluding carboxylic acids is 2. The monoisotopic (exact) mass is 508 g/mol. The average molecular weight is 509 g/mol. The van der Waals surface area contributed by atoms with Crippen molar-refractivity contribution in [1.29, 1.82) is 0 Å². The molecular weight excluding hydrogens is 476 g/mol. The normalized spacial score (nSPS) is 14.2. The van der Waals surface area contributed by atoms with Crippen LogP contribution in [-0.4, -0.2) is 97.0 Å². The third-order valence-corrected chi connectivity index (χ3v) is 8.08. The number of piperazine rings is 1. The van der Waals surface area contributed by atoms with Crippen LogP contribution in [0.1, 0.15) is 10.4 Å². The lowest BCUT2D eigenvalue weighted by atomic mass is 10.1. The lowest BCUT2D eigenvalue weighted by Crippen LogP contribution is -2.44. The minimum absolute atomic E-state index is 0.0952. The summed E-state index contributed by atoms with van der Waals surface area (Å²) < 4.78 is 28.7. The molecule has 0 aliphatic carbocycles. The van der Waals surface area contributed by atoms with Gasteiger partial charge in [0, 0.05) is 51.9 Å². The summed E-state index contributed by atoms with van der Waals surface area (Å²) in [5.74, 6) is -0.625. The first-order chi connectivity index (χ1) is 16.2. The number of sulfonamides is 1. The van der Waals surface area contributed by atoms with Gasteiger partial charge < -0.3 is 25.3 Å². The van der Waals surface area contributed by atoms with Crippen molar-refractivity contribution in [3.8, 4) is 0 Å². The Kier molecular flexibility index (Phi) is 8.89. The van der Waals surface area contributed by atoms with Gasteiger partial charge in [-0.15, -0.1) is 11.3 Å². The van der Waals surface area contributed by atoms with Crippen molar-refractivity contribution in [2.45, 2.75) is 4.21 Å². The van der Waals surface area contributed by atoms with Crippen LogP contribution < -0.4 is 20.3 Å². The molecule has 34 heavy (non-hydrogen) atoms. The Morgan fingerprint density at radius 1 is 1.15 bits per heavy atom. The van der Waals surface area contributed by atoms with E-state index in [9.17, 15) is 18.0 Å². The Morgan fingerprint density at radius 2 is 1.88 bits per heavy atom. The summed E-state index contributed by atoms with van der Waals surface area (Å²) in [7, 11) is 1.58. The SMILES string of the molecule is CN(C)CCNC(=O)CN(C)C(=O)c1ccc(N2CCNCC2)c(NS(=O)(=O)c2cccs2)c1. The number of nitrogens with zero attached hydrogens (tertiary/aromatic N) is 3. The van der Waals surface area contributed by atoms with Crippen molar-refractivity contribution in [3.63, 3.8) is 0 Å². The first-order valence-electron chi connectivity index (χ1n) is 11.0. The van der Waals surface area contributed by atoms with Gasteiger partial charge in [-0.25, -0.2) is 8.42 Å². The topological polar surface area (TPSA) is 114 Å². The number of amides is 2. The van der Waals surface area contributed by atoms with Crippen molar-refractivity contribution in [1.82, 2.24) is 20.4 Å². The summed E-state index contributed by atoms with van der Waals surface area (Å²) in [4.78, 5) is 30.6. The number of nitrogens with one attached hydrogen (secondary N) is 3. The highest BCUT2D eigenvalue weighted by molar-refractivity contribution is 7.94. The first-order valence-corrected chi connectivity index (χ1v) is 13.4. The van der Waals surface area contributed by atoms with Crippen molar-refractivity contribution in [2.75, 3.05) is 76.6 Å². The van der Waals surface area contributed by atoms with Gasteiger partial charge in [-0.05, 0) is 43.7 Å². The van der Waals surface area contributed by atoms with Gasteiger partial charge in [0.1, 0.15) is 4.21 Å². The first kappa shape index (κ1) is 25.9. The molecule has 1 fully saturated rings. The third-order valence-electron chi connectivity index (χ3n) is 5.31. The number of thiophene rings is 1. The van der Waals surface area contributed by atoms with E-state index in [0.29, 0.717) is 43.1 Å². The van der Waals surface area contributed by atoms with Crippen molar-refractivity contribution >= 4 is 44.5 Å². The zero-order valence-corrected chi connectivity index (χ0v) is 21.3. The Balaban J connectivity index is 1.80. The Bertz CT molecular complexity index is 1080. The van der Waals surface area contributed by atoms with Crippen LogP contribution in [0.5, 0.6) is 0 Å². The molecule has 1 aliphatic heterocycles. The number of rotatable bonds is 10. The molecule has 1 aliphatic rings. The number of benzene rings is 1. The molecule has 0 radical (unpaired) electrons. The summed E-state index contributed by atoms with van der Waals surface area (Å²) in [6.07, 6.45) is 0. The number of anilines is 2. The molecular formula is C22H32N6O4S2. The summed E-state index contributed by atoms with van der Waals surface area (Å²) in [5, 5.41) is 7.76. The lowest BCUT2D eigenvalue weighted by molar-refractivity contribution is -0.121. The van der Waals surface area contributed by atoms with Gasteiger partial charge in [-0.1, -0.05) is 6.07 Å². The van der Waals surface area contributed by atoms with Crippen LogP contribution in [0.2, 0.25) is 0 Å². The second-order valence-corrected chi connectivity index (χ2v) is 11.2. The Labute approximate surface area is 205 Å². The molecule has 10 nitrogen and oxygen atoms in total. The highest BCUT2D eigenvalue weighted by atomic mass is 32.2. The fourth-order valence-corrected chi connectivity index (χ4v) is 5.58. The number of hydrogen-bond acceptors (Lipinski definition) is 8. The minimum Gasteiger partial charge on any atom is -0.367 e. The zero-order valence-electron chi connectivity index (χ0n) is 19.7. The molecule has 1 aromatic carbocycles. The summed E-state index contributed by atoms with van der Waals surface area (Å²) >= 11 is 1.12. The number of carbonyl (C=O) groups is 2. The molecule has 1 aromatic heterocycles. The summed E-state index contributed by atoms with van der Waals surface area (Å²) in [6.45, 7) is 4.09. The number of likely N-dealkylation sites (N-methyl/N-ethyl adjacent to an activating group) is 2. The van der Waals surface area contributed by atoms with Crippen LogP contribution in [0, 0.1) is 0 Å². The zero-order chi connectivity index (χ0) is 24.7. The smallest absolute Gasteiger partial charge is 0.271 e. The number of hydrogen-bond donors (Lipinski definition) is 3. The summed E-state index contributed by atoms with van der Waals surface area (Å²) in [5.41, 5.74) is 1.35. The van der Waals surface area contributed by atoms with Gasteiger partial charge in [-0.3, -0.25) is 14.3 Å². The largest absolute Gasteiger partial charge is 0.367 e. The van der Waals surface area contributed by atoms with E-state index in [1.165, 1.54) is 11.0 Å². The molecule has 3 N–H and O–H groups in total. The fourth-order valence-electron chi connectivity index (χ4n) is 3.53. The van der Waals surface area contributed by atoms with E-state index < -0.39 is 10.0 Å². The second kappa shape index (κ2) is 11.6. The minimum atomic E-state index is -3.80. The molecule has 0 bridgehead atoms. The van der Waals surface area contributed by atoms with Gasteiger partial charge in [0.15, 0.2) is 0 Å². The molecule has 12 heteroatoms. The highest BCUT2D eigenvalue weighted by Gasteiger charge is 2.23. The van der Waals surface area contributed by atoms with Crippen molar-refractivity contribution < 1.29 is 18.0 Å². The maximum Gasteiger partial charge on any atom is 0.271 e. The molecule has 2 heterocycles. The van der Waals surface area contributed by atoms with E-state index in [2.05, 4.69) is 20.3 Å². The molecule has 0 unspecified atom stereocenters. The van der Waals surface area contributed by atoms with Gasteiger partial charge in [0.25, 0.3) is 15.9 Å². The van der Waals surface area contributed by atoms with Crippen LogP contribution in [0.25, 0.3) is 0 Å². The van der Waals surface area contributed by atoms with E-state index in [1.807, 2.05) is 19.0 Å². The van der Waals surface area contributed by atoms with Crippen LogP contribution in [-0.2, 0) is 14.8 Å². The van der Waals surface area contributed by atoms with Crippen LogP contribution in [0.3, 0.4) is 0 Å². The molecule has 0 saturated carbocycles. The van der Waals surface area contributed by atoms with Gasteiger partial charge >= 0.3 is 0 Å². The van der Waals surface area contributed by atoms with Crippen molar-refractivity contribution in [2.24, 2.45) is 0 Å². The molecule has 2 amide bonds. The van der Waals surface area contributed by atoms with Gasteiger partial charge in [-0.2, -0.15) is 0 Å². The molecule has 0 atom stereocenters.